The maximum Gasteiger partial charge on any atom is 0.0614 e. The predicted octanol–water partition coefficient (Wildman–Crippen LogP) is 5.10. The topological polar surface area (TPSA) is 3.24 Å². The number of hydrogen-bond donors (Lipinski definition) is 0. The summed E-state index contributed by atoms with van der Waals surface area (Å²) in [6.45, 7) is 4.29. The number of hydrogen-bond acceptors (Lipinski definition) is 1. The highest BCUT2D eigenvalue weighted by atomic mass is 35.5. The Labute approximate surface area is 132 Å². The molecule has 0 amide bonds. The van der Waals surface area contributed by atoms with Crippen molar-refractivity contribution in [2.24, 2.45) is 0 Å². The normalized spacial score (nSPS) is 13.5. The van der Waals surface area contributed by atoms with Gasteiger partial charge in [-0.05, 0) is 35.2 Å². The maximum atomic E-state index is 6.07. The summed E-state index contributed by atoms with van der Waals surface area (Å²) in [6.07, 6.45) is 2.44. The van der Waals surface area contributed by atoms with Crippen LogP contribution in [-0.2, 0) is 0 Å². The zero-order valence-electron chi connectivity index (χ0n) is 12.6. The zero-order valence-corrected chi connectivity index (χ0v) is 13.3. The molecular weight excluding hydrogens is 278 g/mol. The van der Waals surface area contributed by atoms with E-state index < -0.39 is 0 Å². The SMILES string of the molecule is CCCCN(CCCl)C1c2ccccc2-c2ccccc21. The summed E-state index contributed by atoms with van der Waals surface area (Å²) in [5, 5.41) is 0. The van der Waals surface area contributed by atoms with Gasteiger partial charge in [0.1, 0.15) is 0 Å². The molecule has 0 N–H and O–H groups in total. The van der Waals surface area contributed by atoms with Gasteiger partial charge in [-0.3, -0.25) is 4.90 Å². The van der Waals surface area contributed by atoms with Gasteiger partial charge in [0.25, 0.3) is 0 Å². The van der Waals surface area contributed by atoms with Crippen molar-refractivity contribution in [3.05, 3.63) is 59.7 Å². The van der Waals surface area contributed by atoms with Crippen molar-refractivity contribution in [3.63, 3.8) is 0 Å². The molecule has 1 aliphatic carbocycles. The monoisotopic (exact) mass is 299 g/mol. The molecule has 0 unspecified atom stereocenters. The first kappa shape index (κ1) is 14.6. The van der Waals surface area contributed by atoms with E-state index in [1.54, 1.807) is 0 Å². The summed E-state index contributed by atoms with van der Waals surface area (Å²) in [5.41, 5.74) is 5.63. The van der Waals surface area contributed by atoms with Crippen LogP contribution in [0.25, 0.3) is 11.1 Å². The summed E-state index contributed by atoms with van der Waals surface area (Å²) in [7, 11) is 0. The second-order valence-corrected chi connectivity index (χ2v) is 6.03. The quantitative estimate of drug-likeness (QED) is 0.671. The van der Waals surface area contributed by atoms with Crippen molar-refractivity contribution in [3.8, 4) is 11.1 Å². The van der Waals surface area contributed by atoms with Crippen molar-refractivity contribution in [2.75, 3.05) is 19.0 Å². The van der Waals surface area contributed by atoms with Gasteiger partial charge in [-0.2, -0.15) is 0 Å². The van der Waals surface area contributed by atoms with E-state index in [0.29, 0.717) is 11.9 Å². The Hall–Kier alpha value is -1.31. The molecule has 0 aliphatic heterocycles. The Bertz CT molecular complexity index is 563. The molecule has 0 spiro atoms. The van der Waals surface area contributed by atoms with E-state index in [2.05, 4.69) is 60.4 Å². The van der Waals surface area contributed by atoms with Crippen LogP contribution >= 0.6 is 11.6 Å². The lowest BCUT2D eigenvalue weighted by Gasteiger charge is -2.29. The molecule has 2 aromatic carbocycles. The highest BCUT2D eigenvalue weighted by Crippen LogP contribution is 2.46. The van der Waals surface area contributed by atoms with Gasteiger partial charge < -0.3 is 0 Å². The van der Waals surface area contributed by atoms with Crippen molar-refractivity contribution in [1.29, 1.82) is 0 Å². The molecule has 110 valence electrons. The van der Waals surface area contributed by atoms with E-state index in [-0.39, 0.29) is 0 Å². The summed E-state index contributed by atoms with van der Waals surface area (Å²) in [4.78, 5) is 2.54. The second kappa shape index (κ2) is 6.64. The number of benzene rings is 2. The highest BCUT2D eigenvalue weighted by molar-refractivity contribution is 6.18. The fraction of sp³-hybridized carbons (Fsp3) is 0.368. The Morgan fingerprint density at radius 3 is 2.00 bits per heavy atom. The van der Waals surface area contributed by atoms with Crippen molar-refractivity contribution in [2.45, 2.75) is 25.8 Å². The zero-order chi connectivity index (χ0) is 14.7. The van der Waals surface area contributed by atoms with Crippen molar-refractivity contribution in [1.82, 2.24) is 4.90 Å². The molecule has 2 heteroatoms. The summed E-state index contributed by atoms with van der Waals surface area (Å²) < 4.78 is 0. The standard InChI is InChI=1S/C19H22ClN/c1-2-3-13-21(14-12-20)19-17-10-6-4-8-15(17)16-9-5-7-11-18(16)19/h4-11,19H,2-3,12-14H2,1H3. The average molecular weight is 300 g/mol. The number of rotatable bonds is 6. The van der Waals surface area contributed by atoms with Crippen LogP contribution in [0.4, 0.5) is 0 Å². The lowest BCUT2D eigenvalue weighted by molar-refractivity contribution is 0.239. The van der Waals surface area contributed by atoms with Crippen molar-refractivity contribution >= 4 is 11.6 Å². The lowest BCUT2D eigenvalue weighted by atomic mass is 10.0. The molecule has 0 heterocycles. The van der Waals surface area contributed by atoms with Crippen LogP contribution in [-0.4, -0.2) is 23.9 Å². The van der Waals surface area contributed by atoms with E-state index in [0.717, 1.165) is 13.1 Å². The van der Waals surface area contributed by atoms with Gasteiger partial charge in [-0.1, -0.05) is 61.9 Å². The van der Waals surface area contributed by atoms with Crippen LogP contribution in [0.5, 0.6) is 0 Å². The Morgan fingerprint density at radius 1 is 0.905 bits per heavy atom. The van der Waals surface area contributed by atoms with E-state index in [9.17, 15) is 0 Å². The first-order valence-electron chi connectivity index (χ1n) is 7.85. The molecule has 0 fully saturated rings. The summed E-state index contributed by atoms with van der Waals surface area (Å²) >= 11 is 6.07. The van der Waals surface area contributed by atoms with E-state index in [4.69, 9.17) is 11.6 Å². The van der Waals surface area contributed by atoms with Crippen molar-refractivity contribution < 1.29 is 0 Å². The number of nitrogens with zero attached hydrogens (tertiary/aromatic N) is 1. The molecule has 0 bridgehead atoms. The number of halogens is 1. The van der Waals surface area contributed by atoms with Crippen LogP contribution in [0, 0.1) is 0 Å². The largest absolute Gasteiger partial charge is 0.291 e. The third kappa shape index (κ3) is 2.73. The first-order chi connectivity index (χ1) is 10.4. The minimum Gasteiger partial charge on any atom is -0.291 e. The Balaban J connectivity index is 2.04. The molecule has 0 saturated heterocycles. The molecule has 1 nitrogen and oxygen atoms in total. The van der Waals surface area contributed by atoms with Gasteiger partial charge in [-0.25, -0.2) is 0 Å². The van der Waals surface area contributed by atoms with Gasteiger partial charge in [-0.15, -0.1) is 11.6 Å². The molecule has 2 aromatic rings. The van der Waals surface area contributed by atoms with Gasteiger partial charge in [0.05, 0.1) is 6.04 Å². The smallest absolute Gasteiger partial charge is 0.0614 e. The maximum absolute atomic E-state index is 6.07. The molecule has 3 rings (SSSR count). The van der Waals surface area contributed by atoms with E-state index in [1.165, 1.54) is 35.1 Å². The average Bonchev–Trinajstić information content (AvgIpc) is 2.86. The fourth-order valence-corrected chi connectivity index (χ4v) is 3.58. The minimum atomic E-state index is 0.364. The summed E-state index contributed by atoms with van der Waals surface area (Å²) in [6, 6.07) is 18.0. The van der Waals surface area contributed by atoms with Gasteiger partial charge in [0.15, 0.2) is 0 Å². The van der Waals surface area contributed by atoms with Crippen LogP contribution in [0.1, 0.15) is 36.9 Å². The van der Waals surface area contributed by atoms with Gasteiger partial charge in [0.2, 0.25) is 0 Å². The van der Waals surface area contributed by atoms with E-state index in [1.807, 2.05) is 0 Å². The summed E-state index contributed by atoms with van der Waals surface area (Å²) in [5.74, 6) is 0.685. The molecule has 0 radical (unpaired) electrons. The Kier molecular flexibility index (Phi) is 4.62. The number of fused-ring (bicyclic) bond motifs is 3. The van der Waals surface area contributed by atoms with Crippen LogP contribution in [0.3, 0.4) is 0 Å². The second-order valence-electron chi connectivity index (χ2n) is 5.66. The van der Waals surface area contributed by atoms with Crippen LogP contribution in [0.2, 0.25) is 0 Å². The van der Waals surface area contributed by atoms with Gasteiger partial charge in [0, 0.05) is 12.4 Å². The highest BCUT2D eigenvalue weighted by Gasteiger charge is 2.31. The fourth-order valence-electron chi connectivity index (χ4n) is 3.36. The molecule has 0 saturated carbocycles. The van der Waals surface area contributed by atoms with Crippen LogP contribution in [0.15, 0.2) is 48.5 Å². The predicted molar refractivity (Wildman–Crippen MR) is 90.9 cm³/mol. The van der Waals surface area contributed by atoms with E-state index >= 15 is 0 Å². The lowest BCUT2D eigenvalue weighted by Crippen LogP contribution is -2.31. The third-order valence-corrected chi connectivity index (χ3v) is 4.51. The van der Waals surface area contributed by atoms with Gasteiger partial charge >= 0.3 is 0 Å². The Morgan fingerprint density at radius 2 is 1.48 bits per heavy atom. The number of unbranched alkanes of at least 4 members (excludes halogenated alkanes) is 1. The molecule has 0 atom stereocenters. The molecular formula is C19H22ClN. The first-order valence-corrected chi connectivity index (χ1v) is 8.38. The molecule has 21 heavy (non-hydrogen) atoms. The minimum absolute atomic E-state index is 0.364. The number of alkyl halides is 1. The molecule has 1 aliphatic rings. The molecule has 0 aromatic heterocycles. The van der Waals surface area contributed by atoms with Crippen LogP contribution < -0.4 is 0 Å². The third-order valence-electron chi connectivity index (χ3n) is 4.34.